The highest BCUT2D eigenvalue weighted by atomic mass is 35.5. The van der Waals surface area contributed by atoms with Gasteiger partial charge in [0.05, 0.1) is 10.6 Å². The van der Waals surface area contributed by atoms with Gasteiger partial charge in [-0.2, -0.15) is 0 Å². The van der Waals surface area contributed by atoms with E-state index in [2.05, 4.69) is 5.32 Å². The van der Waals surface area contributed by atoms with Crippen molar-refractivity contribution in [2.45, 2.75) is 52.1 Å². The molecule has 0 radical (unpaired) electrons. The van der Waals surface area contributed by atoms with E-state index in [0.29, 0.717) is 17.1 Å². The van der Waals surface area contributed by atoms with Crippen LogP contribution in [0.4, 0.5) is 10.1 Å². The van der Waals surface area contributed by atoms with Crippen molar-refractivity contribution < 1.29 is 22.4 Å². The summed E-state index contributed by atoms with van der Waals surface area (Å²) >= 11 is 6.14. The van der Waals surface area contributed by atoms with Gasteiger partial charge in [-0.25, -0.2) is 12.8 Å². The van der Waals surface area contributed by atoms with Crippen molar-refractivity contribution in [1.82, 2.24) is 10.2 Å². The second kappa shape index (κ2) is 13.3. The molecule has 10 heteroatoms. The fourth-order valence-electron chi connectivity index (χ4n) is 4.09. The van der Waals surface area contributed by atoms with E-state index in [1.54, 1.807) is 44.2 Å². The molecule has 1 atom stereocenters. The van der Waals surface area contributed by atoms with E-state index in [-0.39, 0.29) is 28.6 Å². The molecular formula is C30H35ClFN3O4S. The molecule has 3 rings (SSSR count). The zero-order chi connectivity index (χ0) is 29.6. The van der Waals surface area contributed by atoms with Crippen LogP contribution in [0.3, 0.4) is 0 Å². The average molecular weight is 588 g/mol. The number of aryl methyl sites for hydroxylation is 2. The van der Waals surface area contributed by atoms with E-state index in [1.165, 1.54) is 41.3 Å². The molecule has 7 nitrogen and oxygen atoms in total. The second-order valence-electron chi connectivity index (χ2n) is 10.2. The number of sulfonamides is 1. The summed E-state index contributed by atoms with van der Waals surface area (Å²) in [6, 6.07) is 16.0. The van der Waals surface area contributed by atoms with Crippen LogP contribution < -0.4 is 9.62 Å². The van der Waals surface area contributed by atoms with Crippen LogP contribution >= 0.6 is 11.6 Å². The van der Waals surface area contributed by atoms with Gasteiger partial charge in [-0.1, -0.05) is 61.3 Å². The number of halogens is 2. The topological polar surface area (TPSA) is 86.8 Å². The monoisotopic (exact) mass is 587 g/mol. The third-order valence-corrected chi connectivity index (χ3v) is 8.47. The summed E-state index contributed by atoms with van der Waals surface area (Å²) in [4.78, 5) is 28.2. The molecule has 0 heterocycles. The minimum Gasteiger partial charge on any atom is -0.354 e. The number of hydrogen-bond donors (Lipinski definition) is 1. The zero-order valence-corrected chi connectivity index (χ0v) is 24.9. The van der Waals surface area contributed by atoms with Gasteiger partial charge in [-0.05, 0) is 68.7 Å². The minimum atomic E-state index is -4.22. The molecule has 214 valence electrons. The third-order valence-electron chi connectivity index (χ3n) is 6.47. The maximum Gasteiger partial charge on any atom is 0.264 e. The van der Waals surface area contributed by atoms with Crippen LogP contribution in [0.15, 0.2) is 71.6 Å². The first kappa shape index (κ1) is 31.1. The van der Waals surface area contributed by atoms with Crippen LogP contribution in [-0.4, -0.2) is 44.3 Å². The number of carbonyl (C=O) groups is 2. The number of anilines is 1. The first-order chi connectivity index (χ1) is 18.8. The molecule has 3 aromatic rings. The SMILES string of the molecule is Cc1ccc(S(=O)(=O)N(CC(=O)N(Cc2ccccc2F)[C@@H](C)C(=O)NCC(C)C)c2ccc(Cl)cc2C)cc1. The second-order valence-corrected chi connectivity index (χ2v) is 12.5. The summed E-state index contributed by atoms with van der Waals surface area (Å²) in [5.74, 6) is -1.45. The quantitative estimate of drug-likeness (QED) is 0.322. The van der Waals surface area contributed by atoms with Gasteiger partial charge in [-0.15, -0.1) is 0 Å². The molecule has 0 saturated heterocycles. The maximum absolute atomic E-state index is 14.6. The first-order valence-electron chi connectivity index (χ1n) is 13.0. The van der Waals surface area contributed by atoms with Gasteiger partial charge in [0.2, 0.25) is 11.8 Å². The Bertz CT molecular complexity index is 1460. The third kappa shape index (κ3) is 7.61. The maximum atomic E-state index is 14.6. The fourth-order valence-corrected chi connectivity index (χ4v) is 5.80. The smallest absolute Gasteiger partial charge is 0.264 e. The molecule has 0 aliphatic heterocycles. The van der Waals surface area contributed by atoms with E-state index in [9.17, 15) is 22.4 Å². The molecule has 0 aliphatic rings. The van der Waals surface area contributed by atoms with E-state index in [0.717, 1.165) is 9.87 Å². The highest BCUT2D eigenvalue weighted by molar-refractivity contribution is 7.92. The van der Waals surface area contributed by atoms with Gasteiger partial charge in [0.15, 0.2) is 0 Å². The van der Waals surface area contributed by atoms with Crippen molar-refractivity contribution in [2.24, 2.45) is 5.92 Å². The molecule has 2 amide bonds. The molecular weight excluding hydrogens is 553 g/mol. The van der Waals surface area contributed by atoms with Gasteiger partial charge in [0, 0.05) is 23.7 Å². The van der Waals surface area contributed by atoms with Crippen molar-refractivity contribution in [2.75, 3.05) is 17.4 Å². The summed E-state index contributed by atoms with van der Waals surface area (Å²) in [6.07, 6.45) is 0. The lowest BCUT2D eigenvalue weighted by atomic mass is 10.1. The van der Waals surface area contributed by atoms with Gasteiger partial charge >= 0.3 is 0 Å². The number of rotatable bonds is 11. The van der Waals surface area contributed by atoms with E-state index >= 15 is 0 Å². The number of amides is 2. The highest BCUT2D eigenvalue weighted by Crippen LogP contribution is 2.29. The van der Waals surface area contributed by atoms with E-state index in [1.807, 2.05) is 20.8 Å². The Balaban J connectivity index is 2.06. The number of benzene rings is 3. The predicted octanol–water partition coefficient (Wildman–Crippen LogP) is 5.48. The average Bonchev–Trinajstić information content (AvgIpc) is 2.90. The molecule has 1 N–H and O–H groups in total. The van der Waals surface area contributed by atoms with Crippen LogP contribution in [0.2, 0.25) is 5.02 Å². The molecule has 0 saturated carbocycles. The van der Waals surface area contributed by atoms with Crippen molar-refractivity contribution in [3.8, 4) is 0 Å². The van der Waals surface area contributed by atoms with Crippen LogP contribution in [0, 0.1) is 25.6 Å². The normalized spacial score (nSPS) is 12.2. The largest absolute Gasteiger partial charge is 0.354 e. The van der Waals surface area contributed by atoms with Crippen LogP contribution in [0.25, 0.3) is 0 Å². The number of nitrogens with one attached hydrogen (secondary N) is 1. The zero-order valence-electron chi connectivity index (χ0n) is 23.3. The lowest BCUT2D eigenvalue weighted by Crippen LogP contribution is -2.51. The standard InChI is InChI=1S/C30H35ClFN3O4S/c1-20(2)17-33-30(37)23(5)34(18-24-8-6-7-9-27(24)32)29(36)19-35(28-15-12-25(31)16-22(28)4)40(38,39)26-13-10-21(3)11-14-26/h6-16,20,23H,17-19H2,1-5H3,(H,33,37)/t23-/m0/s1. The molecule has 3 aromatic carbocycles. The summed E-state index contributed by atoms with van der Waals surface area (Å²) < 4.78 is 43.5. The first-order valence-corrected chi connectivity index (χ1v) is 14.8. The van der Waals surface area contributed by atoms with Crippen molar-refractivity contribution in [1.29, 1.82) is 0 Å². The van der Waals surface area contributed by atoms with Crippen molar-refractivity contribution in [3.05, 3.63) is 94.3 Å². The summed E-state index contributed by atoms with van der Waals surface area (Å²) in [7, 11) is -4.22. The van der Waals surface area contributed by atoms with Crippen LogP contribution in [-0.2, 0) is 26.2 Å². The minimum absolute atomic E-state index is 0.00336. The Morgan fingerprint density at radius 1 is 0.975 bits per heavy atom. The molecule has 0 aromatic heterocycles. The Hall–Kier alpha value is -3.43. The molecule has 0 fully saturated rings. The molecule has 0 bridgehead atoms. The molecule has 0 unspecified atom stereocenters. The summed E-state index contributed by atoms with van der Waals surface area (Å²) in [6.45, 7) is 8.51. The Morgan fingerprint density at radius 2 is 1.62 bits per heavy atom. The Morgan fingerprint density at radius 3 is 2.23 bits per heavy atom. The summed E-state index contributed by atoms with van der Waals surface area (Å²) in [5.41, 5.74) is 1.89. The van der Waals surface area contributed by atoms with Crippen molar-refractivity contribution >= 4 is 39.1 Å². The lowest BCUT2D eigenvalue weighted by Gasteiger charge is -2.32. The Labute approximate surface area is 241 Å². The van der Waals surface area contributed by atoms with E-state index in [4.69, 9.17) is 11.6 Å². The summed E-state index contributed by atoms with van der Waals surface area (Å²) in [5, 5.41) is 3.22. The Kier molecular flexibility index (Phi) is 10.3. The highest BCUT2D eigenvalue weighted by Gasteiger charge is 2.33. The number of nitrogens with zero attached hydrogens (tertiary/aromatic N) is 2. The number of carbonyl (C=O) groups excluding carboxylic acids is 2. The van der Waals surface area contributed by atoms with Gasteiger partial charge < -0.3 is 10.2 Å². The van der Waals surface area contributed by atoms with Crippen LogP contribution in [0.1, 0.15) is 37.5 Å². The molecule has 0 spiro atoms. The lowest BCUT2D eigenvalue weighted by molar-refractivity contribution is -0.139. The predicted molar refractivity (Wildman–Crippen MR) is 156 cm³/mol. The van der Waals surface area contributed by atoms with Gasteiger partial charge in [-0.3, -0.25) is 13.9 Å². The molecule has 0 aliphatic carbocycles. The van der Waals surface area contributed by atoms with E-state index < -0.39 is 40.2 Å². The van der Waals surface area contributed by atoms with Gasteiger partial charge in [0.1, 0.15) is 18.4 Å². The fraction of sp³-hybridized carbons (Fsp3) is 0.333. The van der Waals surface area contributed by atoms with Gasteiger partial charge in [0.25, 0.3) is 10.0 Å². The van der Waals surface area contributed by atoms with Crippen LogP contribution in [0.5, 0.6) is 0 Å². The number of hydrogen-bond acceptors (Lipinski definition) is 4. The molecule has 40 heavy (non-hydrogen) atoms. The van der Waals surface area contributed by atoms with Crippen molar-refractivity contribution in [3.63, 3.8) is 0 Å².